The fraction of sp³-hybridized carbons (Fsp3) is 0.222. The Kier molecular flexibility index (Phi) is 7.52. The maximum Gasteiger partial charge on any atom is 0.176 e. The minimum Gasteiger partial charge on any atom is -0.392 e. The molecular formula is C27H25Cl2FN2O4S. The molecule has 0 unspecified atom stereocenters. The van der Waals surface area contributed by atoms with E-state index >= 15 is 0 Å². The second kappa shape index (κ2) is 10.2. The van der Waals surface area contributed by atoms with E-state index in [9.17, 15) is 23.0 Å². The number of aliphatic hydroxyl groups excluding tert-OH is 1. The van der Waals surface area contributed by atoms with Crippen LogP contribution < -0.4 is 0 Å². The lowest BCUT2D eigenvalue weighted by Crippen LogP contribution is -2.15. The number of aliphatic hydroxyl groups is 2. The molecule has 3 aromatic carbocycles. The number of hydrogen-bond acceptors (Lipinski definition) is 5. The van der Waals surface area contributed by atoms with Gasteiger partial charge in [-0.1, -0.05) is 41.4 Å². The molecule has 4 aromatic rings. The average Bonchev–Trinajstić information content (AvgIpc) is 3.25. The molecule has 0 fully saturated rings. The molecule has 0 spiro atoms. The quantitative estimate of drug-likeness (QED) is 0.301. The number of benzene rings is 3. The molecule has 1 heterocycles. The van der Waals surface area contributed by atoms with Gasteiger partial charge in [-0.05, 0) is 66.9 Å². The molecule has 0 aliphatic carbocycles. The predicted octanol–water partition coefficient (Wildman–Crippen LogP) is 5.70. The summed E-state index contributed by atoms with van der Waals surface area (Å²) in [6, 6.07) is 14.8. The molecule has 0 saturated heterocycles. The third-order valence-electron chi connectivity index (χ3n) is 5.99. The highest BCUT2D eigenvalue weighted by molar-refractivity contribution is 7.90. The number of nitrogens with zero attached hydrogens (tertiary/aromatic N) is 2. The second-order valence-corrected chi connectivity index (χ2v) is 12.1. The van der Waals surface area contributed by atoms with Crippen molar-refractivity contribution in [3.05, 3.63) is 99.3 Å². The standard InChI is InChI=1S/C27H25Cl2FN2O4S/c1-27(2,34)25-14-32(26(31-25)13-19-21(28)5-4-6-22(19)29)18-9-7-16(8-10-18)17-11-23(30)20(15-33)24(12-17)37(3,35)36/h4-12,14,33-34H,13,15H2,1-3H3. The zero-order valence-corrected chi connectivity index (χ0v) is 22.7. The normalized spacial score (nSPS) is 12.2. The first-order valence-corrected chi connectivity index (χ1v) is 13.9. The average molecular weight is 563 g/mol. The number of sulfone groups is 1. The Hall–Kier alpha value is -2.75. The highest BCUT2D eigenvalue weighted by atomic mass is 35.5. The first kappa shape index (κ1) is 27.3. The summed E-state index contributed by atoms with van der Waals surface area (Å²) in [6.07, 6.45) is 3.01. The summed E-state index contributed by atoms with van der Waals surface area (Å²) in [6.45, 7) is 2.55. The number of aromatic nitrogens is 2. The SMILES string of the molecule is CC(C)(O)c1cn(-c2ccc(-c3cc(F)c(CO)c(S(C)(=O)=O)c3)cc2)c(Cc2c(Cl)cccc2Cl)n1. The molecule has 0 amide bonds. The van der Waals surface area contributed by atoms with Crippen molar-refractivity contribution in [2.24, 2.45) is 0 Å². The first-order valence-electron chi connectivity index (χ1n) is 11.3. The van der Waals surface area contributed by atoms with E-state index in [-0.39, 0.29) is 10.5 Å². The van der Waals surface area contributed by atoms with Crippen LogP contribution in [0.1, 0.15) is 36.5 Å². The van der Waals surface area contributed by atoms with Crippen molar-refractivity contribution in [2.75, 3.05) is 6.26 Å². The van der Waals surface area contributed by atoms with Crippen molar-refractivity contribution >= 4 is 33.0 Å². The van der Waals surface area contributed by atoms with E-state index in [1.165, 1.54) is 12.1 Å². The lowest BCUT2D eigenvalue weighted by atomic mass is 10.0. The molecule has 2 N–H and O–H groups in total. The summed E-state index contributed by atoms with van der Waals surface area (Å²) >= 11 is 12.8. The highest BCUT2D eigenvalue weighted by Gasteiger charge is 2.24. The third-order valence-corrected chi connectivity index (χ3v) is 7.86. The van der Waals surface area contributed by atoms with Gasteiger partial charge in [0.25, 0.3) is 0 Å². The van der Waals surface area contributed by atoms with Crippen LogP contribution in [0.2, 0.25) is 10.0 Å². The molecule has 194 valence electrons. The molecule has 0 saturated carbocycles. The number of halogens is 3. The molecule has 0 aliphatic heterocycles. The van der Waals surface area contributed by atoms with E-state index in [2.05, 4.69) is 4.98 Å². The van der Waals surface area contributed by atoms with Gasteiger partial charge in [0.2, 0.25) is 0 Å². The fourth-order valence-electron chi connectivity index (χ4n) is 4.00. The largest absolute Gasteiger partial charge is 0.392 e. The third kappa shape index (κ3) is 5.73. The summed E-state index contributed by atoms with van der Waals surface area (Å²) in [5, 5.41) is 21.0. The van der Waals surface area contributed by atoms with Gasteiger partial charge >= 0.3 is 0 Å². The summed E-state index contributed by atoms with van der Waals surface area (Å²) in [5.74, 6) is -0.203. The predicted molar refractivity (Wildman–Crippen MR) is 143 cm³/mol. The maximum atomic E-state index is 14.6. The number of rotatable bonds is 7. The van der Waals surface area contributed by atoms with Crippen LogP contribution in [0.3, 0.4) is 0 Å². The van der Waals surface area contributed by atoms with Gasteiger partial charge in [0.05, 0.1) is 17.2 Å². The zero-order valence-electron chi connectivity index (χ0n) is 20.3. The Morgan fingerprint density at radius 3 is 2.16 bits per heavy atom. The number of imidazole rings is 1. The summed E-state index contributed by atoms with van der Waals surface area (Å²) in [4.78, 5) is 4.39. The molecule has 37 heavy (non-hydrogen) atoms. The van der Waals surface area contributed by atoms with Gasteiger partial charge in [-0.3, -0.25) is 0 Å². The Morgan fingerprint density at radius 2 is 1.62 bits per heavy atom. The monoisotopic (exact) mass is 562 g/mol. The molecular weight excluding hydrogens is 538 g/mol. The van der Waals surface area contributed by atoms with Crippen LogP contribution in [-0.2, 0) is 28.5 Å². The van der Waals surface area contributed by atoms with Crippen molar-refractivity contribution in [1.29, 1.82) is 0 Å². The Labute approximate surface area is 224 Å². The molecule has 0 atom stereocenters. The van der Waals surface area contributed by atoms with Crippen LogP contribution in [-0.4, -0.2) is 34.4 Å². The van der Waals surface area contributed by atoms with Gasteiger partial charge in [-0.15, -0.1) is 0 Å². The van der Waals surface area contributed by atoms with Gasteiger partial charge in [0, 0.05) is 40.2 Å². The van der Waals surface area contributed by atoms with E-state index in [1.807, 2.05) is 4.57 Å². The zero-order chi connectivity index (χ0) is 27.1. The second-order valence-electron chi connectivity index (χ2n) is 9.26. The van der Waals surface area contributed by atoms with Crippen LogP contribution >= 0.6 is 23.2 Å². The van der Waals surface area contributed by atoms with E-state index in [0.29, 0.717) is 50.4 Å². The Bertz CT molecular complexity index is 1560. The highest BCUT2D eigenvalue weighted by Crippen LogP contribution is 2.31. The van der Waals surface area contributed by atoms with Gasteiger partial charge in [-0.2, -0.15) is 0 Å². The van der Waals surface area contributed by atoms with Crippen LogP contribution in [0.15, 0.2) is 65.7 Å². The van der Waals surface area contributed by atoms with Crippen molar-refractivity contribution in [3.8, 4) is 16.8 Å². The summed E-state index contributed by atoms with van der Waals surface area (Å²) < 4.78 is 40.8. The molecule has 0 radical (unpaired) electrons. The van der Waals surface area contributed by atoms with Gasteiger partial charge in [-0.25, -0.2) is 17.8 Å². The van der Waals surface area contributed by atoms with E-state index in [1.54, 1.807) is 62.5 Å². The van der Waals surface area contributed by atoms with Crippen LogP contribution in [0.5, 0.6) is 0 Å². The summed E-state index contributed by atoms with van der Waals surface area (Å²) in [5.41, 5.74) is 1.34. The lowest BCUT2D eigenvalue weighted by molar-refractivity contribution is 0.0741. The van der Waals surface area contributed by atoms with Gasteiger partial charge in [0.15, 0.2) is 9.84 Å². The van der Waals surface area contributed by atoms with Gasteiger partial charge in [0.1, 0.15) is 17.2 Å². The molecule has 6 nitrogen and oxygen atoms in total. The van der Waals surface area contributed by atoms with Crippen molar-refractivity contribution in [3.63, 3.8) is 0 Å². The topological polar surface area (TPSA) is 92.4 Å². The van der Waals surface area contributed by atoms with Crippen molar-refractivity contribution in [2.45, 2.75) is 37.4 Å². The smallest absolute Gasteiger partial charge is 0.176 e. The molecule has 10 heteroatoms. The fourth-order valence-corrected chi connectivity index (χ4v) is 5.48. The Morgan fingerprint density at radius 1 is 1.00 bits per heavy atom. The molecule has 0 bridgehead atoms. The first-order chi connectivity index (χ1) is 17.3. The lowest BCUT2D eigenvalue weighted by Gasteiger charge is -2.13. The van der Waals surface area contributed by atoms with Crippen molar-refractivity contribution < 1.29 is 23.0 Å². The maximum absolute atomic E-state index is 14.6. The van der Waals surface area contributed by atoms with Crippen LogP contribution in [0, 0.1) is 5.82 Å². The summed E-state index contributed by atoms with van der Waals surface area (Å²) in [7, 11) is -3.76. The molecule has 4 rings (SSSR count). The van der Waals surface area contributed by atoms with Crippen LogP contribution in [0.4, 0.5) is 4.39 Å². The minimum atomic E-state index is -3.76. The van der Waals surface area contributed by atoms with Gasteiger partial charge < -0.3 is 14.8 Å². The van der Waals surface area contributed by atoms with Crippen LogP contribution in [0.25, 0.3) is 16.8 Å². The molecule has 0 aliphatic rings. The van der Waals surface area contributed by atoms with E-state index in [4.69, 9.17) is 23.2 Å². The number of hydrogen-bond donors (Lipinski definition) is 2. The van der Waals surface area contributed by atoms with E-state index in [0.717, 1.165) is 6.26 Å². The minimum absolute atomic E-state index is 0.252. The Balaban J connectivity index is 1.78. The van der Waals surface area contributed by atoms with E-state index < -0.39 is 27.9 Å². The van der Waals surface area contributed by atoms with Crippen molar-refractivity contribution in [1.82, 2.24) is 9.55 Å². The molecule has 1 aromatic heterocycles.